The van der Waals surface area contributed by atoms with E-state index >= 15 is 0 Å². The van der Waals surface area contributed by atoms with Gasteiger partial charge in [-0.25, -0.2) is 4.79 Å². The van der Waals surface area contributed by atoms with Crippen LogP contribution < -0.4 is 10.1 Å². The molecule has 1 aromatic carbocycles. The van der Waals surface area contributed by atoms with Crippen molar-refractivity contribution in [3.63, 3.8) is 0 Å². The predicted octanol–water partition coefficient (Wildman–Crippen LogP) is 1.22. The first-order valence-electron chi connectivity index (χ1n) is 7.25. The molecule has 1 aromatic heterocycles. The summed E-state index contributed by atoms with van der Waals surface area (Å²) in [6.45, 7) is 2.30. The van der Waals surface area contributed by atoms with Crippen molar-refractivity contribution in [1.82, 2.24) is 15.1 Å². The number of aliphatic carboxylic acids is 1. The van der Waals surface area contributed by atoms with Gasteiger partial charge in [0.15, 0.2) is 6.04 Å². The molecule has 23 heavy (non-hydrogen) atoms. The third kappa shape index (κ3) is 2.90. The lowest BCUT2D eigenvalue weighted by Crippen LogP contribution is -2.34. The molecule has 2 N–H and O–H groups in total. The normalized spacial score (nSPS) is 14.0. The summed E-state index contributed by atoms with van der Waals surface area (Å²) in [7, 11) is 1.71. The molecule has 0 saturated carbocycles. The van der Waals surface area contributed by atoms with Crippen LogP contribution >= 0.6 is 0 Å². The molecule has 0 radical (unpaired) electrons. The predicted molar refractivity (Wildman–Crippen MR) is 81.4 cm³/mol. The van der Waals surface area contributed by atoms with Crippen LogP contribution in [0.25, 0.3) is 0 Å². The number of aromatic nitrogens is 2. The number of amides is 1. The molecule has 0 bridgehead atoms. The van der Waals surface area contributed by atoms with Crippen LogP contribution in [0, 0.1) is 6.92 Å². The molecule has 1 atom stereocenters. The molecule has 2 aromatic rings. The summed E-state index contributed by atoms with van der Waals surface area (Å²) in [5.41, 5.74) is 2.40. The second-order valence-corrected chi connectivity index (χ2v) is 5.51. The van der Waals surface area contributed by atoms with Crippen LogP contribution in [0.5, 0.6) is 5.75 Å². The fourth-order valence-corrected chi connectivity index (χ4v) is 2.71. The first-order valence-corrected chi connectivity index (χ1v) is 7.25. The van der Waals surface area contributed by atoms with Gasteiger partial charge in [-0.1, -0.05) is 6.07 Å². The van der Waals surface area contributed by atoms with Gasteiger partial charge in [0.05, 0.1) is 17.9 Å². The zero-order valence-electron chi connectivity index (χ0n) is 12.9. The van der Waals surface area contributed by atoms with Crippen molar-refractivity contribution in [2.75, 3.05) is 6.61 Å². The van der Waals surface area contributed by atoms with Gasteiger partial charge in [-0.3, -0.25) is 9.48 Å². The van der Waals surface area contributed by atoms with E-state index in [4.69, 9.17) is 4.74 Å². The Labute approximate surface area is 132 Å². The van der Waals surface area contributed by atoms with Crippen molar-refractivity contribution < 1.29 is 19.4 Å². The van der Waals surface area contributed by atoms with Crippen LogP contribution in [0.15, 0.2) is 24.4 Å². The van der Waals surface area contributed by atoms with Crippen molar-refractivity contribution in [3.05, 3.63) is 46.8 Å². The second-order valence-electron chi connectivity index (χ2n) is 5.51. The van der Waals surface area contributed by atoms with Gasteiger partial charge in [-0.05, 0) is 30.2 Å². The number of hydrogen-bond acceptors (Lipinski definition) is 4. The Kier molecular flexibility index (Phi) is 3.77. The summed E-state index contributed by atoms with van der Waals surface area (Å²) in [5.74, 6) is -0.800. The van der Waals surface area contributed by atoms with E-state index in [2.05, 4.69) is 10.4 Å². The summed E-state index contributed by atoms with van der Waals surface area (Å²) in [5, 5.41) is 16.1. The number of carbonyl (C=O) groups excluding carboxylic acids is 1. The van der Waals surface area contributed by atoms with Gasteiger partial charge in [0.25, 0.3) is 5.91 Å². The minimum absolute atomic E-state index is 0.364. The number of aryl methyl sites for hydroxylation is 2. The lowest BCUT2D eigenvalue weighted by molar-refractivity contribution is -0.139. The quantitative estimate of drug-likeness (QED) is 0.885. The first kappa shape index (κ1) is 15.1. The lowest BCUT2D eigenvalue weighted by atomic mass is 10.0. The highest BCUT2D eigenvalue weighted by Gasteiger charge is 2.26. The standard InChI is InChI=1S/C16H17N3O4/c1-9-12(8-19(2)18-9)15(20)17-14(16(21)22)11-3-4-13-10(7-11)5-6-23-13/h3-4,7-8,14H,5-6H2,1-2H3,(H,17,20)(H,21,22)/t14-/m0/s1. The highest BCUT2D eigenvalue weighted by molar-refractivity contribution is 5.97. The second kappa shape index (κ2) is 5.75. The van der Waals surface area contributed by atoms with Gasteiger partial charge in [-0.2, -0.15) is 5.10 Å². The van der Waals surface area contributed by atoms with E-state index in [1.807, 2.05) is 0 Å². The zero-order chi connectivity index (χ0) is 16.6. The molecule has 0 aliphatic carbocycles. The molecular weight excluding hydrogens is 298 g/mol. The molecule has 3 rings (SSSR count). The van der Waals surface area contributed by atoms with Crippen LogP contribution in [-0.2, 0) is 18.3 Å². The zero-order valence-corrected chi connectivity index (χ0v) is 12.9. The van der Waals surface area contributed by atoms with E-state index in [0.717, 1.165) is 17.7 Å². The average molecular weight is 315 g/mol. The Morgan fingerprint density at radius 2 is 2.22 bits per heavy atom. The molecule has 2 heterocycles. The Morgan fingerprint density at radius 1 is 1.43 bits per heavy atom. The highest BCUT2D eigenvalue weighted by atomic mass is 16.5. The average Bonchev–Trinajstić information content (AvgIpc) is 3.09. The van der Waals surface area contributed by atoms with Gasteiger partial charge in [0, 0.05) is 19.7 Å². The number of carboxylic acid groups (broad SMARTS) is 1. The molecular formula is C16H17N3O4. The fraction of sp³-hybridized carbons (Fsp3) is 0.312. The maximum absolute atomic E-state index is 12.3. The van der Waals surface area contributed by atoms with Crippen molar-refractivity contribution >= 4 is 11.9 Å². The fourth-order valence-electron chi connectivity index (χ4n) is 2.71. The van der Waals surface area contributed by atoms with E-state index in [-0.39, 0.29) is 0 Å². The van der Waals surface area contributed by atoms with Gasteiger partial charge in [-0.15, -0.1) is 0 Å². The lowest BCUT2D eigenvalue weighted by Gasteiger charge is -2.15. The topological polar surface area (TPSA) is 93.5 Å². The highest BCUT2D eigenvalue weighted by Crippen LogP contribution is 2.28. The smallest absolute Gasteiger partial charge is 0.330 e. The molecule has 0 spiro atoms. The van der Waals surface area contributed by atoms with Gasteiger partial charge >= 0.3 is 5.97 Å². The van der Waals surface area contributed by atoms with Gasteiger partial charge in [0.1, 0.15) is 5.75 Å². The minimum atomic E-state index is -1.12. The number of nitrogens with one attached hydrogen (secondary N) is 1. The molecule has 0 fully saturated rings. The van der Waals surface area contributed by atoms with Crippen LogP contribution in [0.2, 0.25) is 0 Å². The Morgan fingerprint density at radius 3 is 2.87 bits per heavy atom. The third-order valence-corrected chi connectivity index (χ3v) is 3.83. The number of rotatable bonds is 4. The number of ether oxygens (including phenoxy) is 1. The monoisotopic (exact) mass is 315 g/mol. The Hall–Kier alpha value is -2.83. The number of hydrogen-bond donors (Lipinski definition) is 2. The minimum Gasteiger partial charge on any atom is -0.493 e. The van der Waals surface area contributed by atoms with E-state index < -0.39 is 17.9 Å². The molecule has 1 amide bonds. The van der Waals surface area contributed by atoms with E-state index in [9.17, 15) is 14.7 Å². The van der Waals surface area contributed by atoms with Crippen molar-refractivity contribution in [2.45, 2.75) is 19.4 Å². The molecule has 120 valence electrons. The summed E-state index contributed by atoms with van der Waals surface area (Å²) >= 11 is 0. The van der Waals surface area contributed by atoms with Crippen LogP contribution in [0.3, 0.4) is 0 Å². The van der Waals surface area contributed by atoms with Crippen molar-refractivity contribution in [3.8, 4) is 5.75 Å². The Bertz CT molecular complexity index is 782. The first-order chi connectivity index (χ1) is 11.0. The number of nitrogens with zero attached hydrogens (tertiary/aromatic N) is 2. The van der Waals surface area contributed by atoms with Crippen molar-refractivity contribution in [1.29, 1.82) is 0 Å². The molecule has 0 saturated heterocycles. The van der Waals surface area contributed by atoms with Gasteiger partial charge in [0.2, 0.25) is 0 Å². The van der Waals surface area contributed by atoms with Crippen LogP contribution in [-0.4, -0.2) is 33.4 Å². The Balaban J connectivity index is 1.86. The van der Waals surface area contributed by atoms with Crippen LogP contribution in [0.1, 0.15) is 33.2 Å². The summed E-state index contributed by atoms with van der Waals surface area (Å²) in [6, 6.07) is 4.07. The molecule has 0 unspecified atom stereocenters. The number of carboxylic acids is 1. The van der Waals surface area contributed by atoms with Gasteiger partial charge < -0.3 is 15.2 Å². The maximum Gasteiger partial charge on any atom is 0.330 e. The molecule has 7 heteroatoms. The number of fused-ring (bicyclic) bond motifs is 1. The number of carbonyl (C=O) groups is 2. The summed E-state index contributed by atoms with van der Waals surface area (Å²) < 4.78 is 6.94. The van der Waals surface area contributed by atoms with Crippen LogP contribution in [0.4, 0.5) is 0 Å². The van der Waals surface area contributed by atoms with E-state index in [1.165, 1.54) is 4.68 Å². The SMILES string of the molecule is Cc1nn(C)cc1C(=O)N[C@H](C(=O)O)c1ccc2c(c1)CCO2. The molecule has 7 nitrogen and oxygen atoms in total. The summed E-state index contributed by atoms with van der Waals surface area (Å²) in [4.78, 5) is 23.9. The molecule has 1 aliphatic rings. The van der Waals surface area contributed by atoms with Crippen molar-refractivity contribution in [2.24, 2.45) is 7.05 Å². The number of benzene rings is 1. The van der Waals surface area contributed by atoms with E-state index in [1.54, 1.807) is 38.4 Å². The third-order valence-electron chi connectivity index (χ3n) is 3.83. The van der Waals surface area contributed by atoms with E-state index in [0.29, 0.717) is 23.4 Å². The summed E-state index contributed by atoms with van der Waals surface area (Å²) in [6.07, 6.45) is 2.31. The largest absolute Gasteiger partial charge is 0.493 e. The molecule has 1 aliphatic heterocycles. The maximum atomic E-state index is 12.3.